The van der Waals surface area contributed by atoms with Gasteiger partial charge in [0.25, 0.3) is 0 Å². The second-order valence-electron chi connectivity index (χ2n) is 6.43. The Morgan fingerprint density at radius 3 is 2.65 bits per heavy atom. The van der Waals surface area contributed by atoms with Crippen molar-refractivity contribution in [2.75, 3.05) is 11.4 Å². The van der Waals surface area contributed by atoms with E-state index < -0.39 is 0 Å². The fraction of sp³-hybridized carbons (Fsp3) is 0.250. The number of aryl methyl sites for hydroxylation is 1. The van der Waals surface area contributed by atoms with Gasteiger partial charge in [0, 0.05) is 32.2 Å². The second-order valence-corrected chi connectivity index (χ2v) is 6.43. The number of hydrogen-bond acceptors (Lipinski definition) is 5. The molecule has 1 aliphatic rings. The lowest BCUT2D eigenvalue weighted by atomic mass is 10.1. The maximum Gasteiger partial charge on any atom is 0.309 e. The summed E-state index contributed by atoms with van der Waals surface area (Å²) >= 11 is 0. The van der Waals surface area contributed by atoms with Crippen LogP contribution in [0.1, 0.15) is 33.3 Å². The number of hydrogen-bond donors (Lipinski definition) is 1. The number of para-hydroxylation sites is 1. The minimum Gasteiger partial charge on any atom is -0.417 e. The predicted octanol–water partition coefficient (Wildman–Crippen LogP) is 2.87. The molecule has 0 radical (unpaired) electrons. The monoisotopic (exact) mass is 348 g/mol. The van der Waals surface area contributed by atoms with Crippen LogP contribution < -0.4 is 10.2 Å². The molecule has 26 heavy (non-hydrogen) atoms. The van der Waals surface area contributed by atoms with Gasteiger partial charge in [-0.2, -0.15) is 0 Å². The first-order valence-electron chi connectivity index (χ1n) is 8.68. The summed E-state index contributed by atoms with van der Waals surface area (Å²) in [5.41, 5.74) is 5.03. The molecule has 0 atom stereocenters. The van der Waals surface area contributed by atoms with Crippen molar-refractivity contribution in [1.29, 1.82) is 0 Å². The smallest absolute Gasteiger partial charge is 0.309 e. The first-order chi connectivity index (χ1) is 12.7. The van der Waals surface area contributed by atoms with Crippen LogP contribution >= 0.6 is 0 Å². The molecular weight excluding hydrogens is 328 g/mol. The summed E-state index contributed by atoms with van der Waals surface area (Å²) in [6, 6.07) is 16.9. The molecule has 1 aliphatic heterocycles. The van der Waals surface area contributed by atoms with Gasteiger partial charge in [-0.25, -0.2) is 0 Å². The van der Waals surface area contributed by atoms with E-state index in [1.807, 2.05) is 12.1 Å². The molecule has 1 amide bonds. The molecule has 3 aromatic rings. The zero-order valence-corrected chi connectivity index (χ0v) is 14.6. The van der Waals surface area contributed by atoms with Crippen LogP contribution in [0.5, 0.6) is 0 Å². The largest absolute Gasteiger partial charge is 0.417 e. The number of rotatable bonds is 5. The molecular formula is C20H20N4O2. The molecule has 1 N–H and O–H groups in total. The summed E-state index contributed by atoms with van der Waals surface area (Å²) in [6.07, 6.45) is 1.11. The SMILES string of the molecule is Cc1nnc(C(=O)NCc2ccc(CN3CCc4ccccc43)cc2)o1. The van der Waals surface area contributed by atoms with E-state index >= 15 is 0 Å². The van der Waals surface area contributed by atoms with E-state index in [2.05, 4.69) is 56.8 Å². The van der Waals surface area contributed by atoms with Crippen LogP contribution in [0.4, 0.5) is 5.69 Å². The van der Waals surface area contributed by atoms with Crippen LogP contribution in [0.15, 0.2) is 52.9 Å². The summed E-state index contributed by atoms with van der Waals surface area (Å²) in [4.78, 5) is 14.3. The summed E-state index contributed by atoms with van der Waals surface area (Å²) in [5.74, 6) is 0.0122. The normalized spacial score (nSPS) is 12.9. The van der Waals surface area contributed by atoms with E-state index in [1.165, 1.54) is 16.8 Å². The van der Waals surface area contributed by atoms with Gasteiger partial charge >= 0.3 is 11.8 Å². The van der Waals surface area contributed by atoms with Crippen LogP contribution in [0.2, 0.25) is 0 Å². The number of carbonyl (C=O) groups excluding carboxylic acids is 1. The van der Waals surface area contributed by atoms with Crippen LogP contribution in [0.25, 0.3) is 0 Å². The van der Waals surface area contributed by atoms with Gasteiger partial charge in [-0.1, -0.05) is 42.5 Å². The first-order valence-corrected chi connectivity index (χ1v) is 8.68. The Kier molecular flexibility index (Phi) is 4.39. The van der Waals surface area contributed by atoms with Crippen LogP contribution in [0, 0.1) is 6.92 Å². The molecule has 6 heteroatoms. The fourth-order valence-electron chi connectivity index (χ4n) is 3.20. The lowest BCUT2D eigenvalue weighted by Gasteiger charge is -2.19. The van der Waals surface area contributed by atoms with E-state index in [0.29, 0.717) is 12.4 Å². The van der Waals surface area contributed by atoms with Crippen molar-refractivity contribution in [2.45, 2.75) is 26.4 Å². The number of benzene rings is 2. The molecule has 0 saturated heterocycles. The first kappa shape index (κ1) is 16.3. The van der Waals surface area contributed by atoms with Crippen molar-refractivity contribution in [2.24, 2.45) is 0 Å². The minimum absolute atomic E-state index is 0.00758. The number of carbonyl (C=O) groups is 1. The third-order valence-electron chi connectivity index (χ3n) is 4.55. The Bertz CT molecular complexity index is 918. The molecule has 0 aliphatic carbocycles. The molecule has 0 fully saturated rings. The molecule has 0 unspecified atom stereocenters. The van der Waals surface area contributed by atoms with Crippen molar-refractivity contribution >= 4 is 11.6 Å². The van der Waals surface area contributed by atoms with Gasteiger partial charge in [0.15, 0.2) is 0 Å². The van der Waals surface area contributed by atoms with Gasteiger partial charge in [0.2, 0.25) is 5.89 Å². The molecule has 1 aromatic heterocycles. The average molecular weight is 348 g/mol. The van der Waals surface area contributed by atoms with Crippen molar-refractivity contribution in [3.63, 3.8) is 0 Å². The quantitative estimate of drug-likeness (QED) is 0.768. The summed E-state index contributed by atoms with van der Waals surface area (Å²) in [7, 11) is 0. The summed E-state index contributed by atoms with van der Waals surface area (Å²) in [5, 5.41) is 10.2. The van der Waals surface area contributed by atoms with Gasteiger partial charge in [-0.3, -0.25) is 4.79 Å². The second kappa shape index (κ2) is 7.00. The fourth-order valence-corrected chi connectivity index (χ4v) is 3.20. The highest BCUT2D eigenvalue weighted by Crippen LogP contribution is 2.28. The van der Waals surface area contributed by atoms with Crippen LogP contribution in [0.3, 0.4) is 0 Å². The zero-order valence-electron chi connectivity index (χ0n) is 14.6. The zero-order chi connectivity index (χ0) is 17.9. The standard InChI is InChI=1S/C20H20N4O2/c1-14-22-23-20(26-14)19(25)21-12-15-6-8-16(9-7-15)13-24-11-10-17-4-2-3-5-18(17)24/h2-9H,10-13H2,1H3,(H,21,25). The van der Waals surface area contributed by atoms with Gasteiger partial charge in [-0.15, -0.1) is 10.2 Å². The predicted molar refractivity (Wildman–Crippen MR) is 97.8 cm³/mol. The maximum atomic E-state index is 11.9. The third-order valence-corrected chi connectivity index (χ3v) is 4.55. The minimum atomic E-state index is -0.358. The summed E-state index contributed by atoms with van der Waals surface area (Å²) < 4.78 is 5.12. The van der Waals surface area contributed by atoms with Gasteiger partial charge in [0.05, 0.1) is 0 Å². The number of amides is 1. The van der Waals surface area contributed by atoms with Gasteiger partial charge < -0.3 is 14.6 Å². The van der Waals surface area contributed by atoms with Crippen LogP contribution in [-0.2, 0) is 19.5 Å². The van der Waals surface area contributed by atoms with Crippen LogP contribution in [-0.4, -0.2) is 22.6 Å². The van der Waals surface area contributed by atoms with Crippen molar-refractivity contribution in [3.8, 4) is 0 Å². The van der Waals surface area contributed by atoms with E-state index in [0.717, 1.165) is 25.1 Å². The molecule has 0 bridgehead atoms. The van der Waals surface area contributed by atoms with E-state index in [9.17, 15) is 4.79 Å². The highest BCUT2D eigenvalue weighted by atomic mass is 16.4. The average Bonchev–Trinajstić information content (AvgIpc) is 3.28. The Labute approximate surface area is 151 Å². The van der Waals surface area contributed by atoms with E-state index in [4.69, 9.17) is 4.42 Å². The van der Waals surface area contributed by atoms with E-state index in [1.54, 1.807) is 6.92 Å². The van der Waals surface area contributed by atoms with Gasteiger partial charge in [-0.05, 0) is 29.2 Å². The number of nitrogens with zero attached hydrogens (tertiary/aromatic N) is 3. The van der Waals surface area contributed by atoms with E-state index in [-0.39, 0.29) is 11.8 Å². The third kappa shape index (κ3) is 3.44. The highest BCUT2D eigenvalue weighted by Gasteiger charge is 2.18. The number of anilines is 1. The number of fused-ring (bicyclic) bond motifs is 1. The van der Waals surface area contributed by atoms with Gasteiger partial charge in [0.1, 0.15) is 0 Å². The molecule has 0 saturated carbocycles. The number of nitrogens with one attached hydrogen (secondary N) is 1. The molecule has 4 rings (SSSR count). The molecule has 6 nitrogen and oxygen atoms in total. The lowest BCUT2D eigenvalue weighted by Crippen LogP contribution is -2.23. The van der Waals surface area contributed by atoms with Crippen molar-refractivity contribution < 1.29 is 9.21 Å². The Hall–Kier alpha value is -3.15. The Morgan fingerprint density at radius 2 is 1.88 bits per heavy atom. The molecule has 2 heterocycles. The Morgan fingerprint density at radius 1 is 1.12 bits per heavy atom. The highest BCUT2D eigenvalue weighted by molar-refractivity contribution is 5.89. The molecule has 0 spiro atoms. The number of aromatic nitrogens is 2. The molecule has 132 valence electrons. The Balaban J connectivity index is 1.35. The summed E-state index contributed by atoms with van der Waals surface area (Å²) in [6.45, 7) is 4.03. The van der Waals surface area contributed by atoms with Crippen molar-refractivity contribution in [1.82, 2.24) is 15.5 Å². The lowest BCUT2D eigenvalue weighted by molar-refractivity contribution is 0.0915. The molecule has 2 aromatic carbocycles. The van der Waals surface area contributed by atoms with Crippen molar-refractivity contribution in [3.05, 3.63) is 77.0 Å². The maximum absolute atomic E-state index is 11.9. The topological polar surface area (TPSA) is 71.3 Å².